The van der Waals surface area contributed by atoms with E-state index in [0.717, 1.165) is 0 Å². The summed E-state index contributed by atoms with van der Waals surface area (Å²) in [4.78, 5) is 26.4. The number of anilines is 1. The molecule has 1 aliphatic rings. The molecule has 0 radical (unpaired) electrons. The molecule has 2 rings (SSSR count). The van der Waals surface area contributed by atoms with Gasteiger partial charge >= 0.3 is 0 Å². The second kappa shape index (κ2) is 8.92. The Hall–Kier alpha value is -2.51. The van der Waals surface area contributed by atoms with Gasteiger partial charge < -0.3 is 16.0 Å². The molecule has 8 heteroatoms. The van der Waals surface area contributed by atoms with E-state index >= 15 is 0 Å². The number of nitrogen functional groups attached to an aromatic ring is 1. The molecule has 1 fully saturated rings. The van der Waals surface area contributed by atoms with Crippen LogP contribution in [-0.4, -0.2) is 35.8 Å². The number of hydrogen-bond acceptors (Lipinski definition) is 3. The van der Waals surface area contributed by atoms with Crippen LogP contribution in [0.15, 0.2) is 29.9 Å². The van der Waals surface area contributed by atoms with Crippen LogP contribution in [0.3, 0.4) is 0 Å². The standard InChI is InChI=1S/C19H24F3N3O2/c1-3-16(26)24-17(11(2)13-4-5-15(23)14(20)10-13)19(27)25-8-6-12(7-9-25)18(21)22/h4-5,10-11,17H,3,6-9,23H2,1-2H3,(H,24,26)/t11-,17+/m0/s1. The number of likely N-dealkylation sites (tertiary alicyclic amines) is 1. The van der Waals surface area contributed by atoms with Crippen LogP contribution in [0.25, 0.3) is 0 Å². The van der Waals surface area contributed by atoms with Gasteiger partial charge in [-0.25, -0.2) is 4.39 Å². The Balaban J connectivity index is 2.22. The third-order valence-electron chi connectivity index (χ3n) is 4.90. The summed E-state index contributed by atoms with van der Waals surface area (Å²) in [5.41, 5.74) is 6.07. The number of halogens is 3. The van der Waals surface area contributed by atoms with Gasteiger partial charge in [0.25, 0.3) is 6.08 Å². The van der Waals surface area contributed by atoms with E-state index in [0.29, 0.717) is 5.56 Å². The van der Waals surface area contributed by atoms with Crippen LogP contribution in [-0.2, 0) is 9.59 Å². The van der Waals surface area contributed by atoms with Crippen molar-refractivity contribution >= 4 is 17.5 Å². The lowest BCUT2D eigenvalue weighted by Gasteiger charge is -2.34. The summed E-state index contributed by atoms with van der Waals surface area (Å²) in [6.07, 6.45) is -1.29. The molecule has 0 unspecified atom stereocenters. The van der Waals surface area contributed by atoms with Gasteiger partial charge in [0.15, 0.2) is 0 Å². The smallest absolute Gasteiger partial charge is 0.269 e. The van der Waals surface area contributed by atoms with Gasteiger partial charge in [0.2, 0.25) is 11.8 Å². The molecular formula is C19H24F3N3O2. The van der Waals surface area contributed by atoms with Crippen molar-refractivity contribution in [1.82, 2.24) is 10.2 Å². The molecule has 1 aliphatic heterocycles. The first-order chi connectivity index (χ1) is 12.7. The minimum absolute atomic E-state index is 0.00461. The first kappa shape index (κ1) is 20.8. The maximum Gasteiger partial charge on any atom is 0.269 e. The first-order valence-electron chi connectivity index (χ1n) is 8.90. The number of amides is 2. The van der Waals surface area contributed by atoms with Crippen LogP contribution in [0.5, 0.6) is 0 Å². The molecule has 5 nitrogen and oxygen atoms in total. The molecular weight excluding hydrogens is 359 g/mol. The van der Waals surface area contributed by atoms with E-state index < -0.39 is 23.9 Å². The van der Waals surface area contributed by atoms with Gasteiger partial charge in [-0.3, -0.25) is 9.59 Å². The van der Waals surface area contributed by atoms with Crippen LogP contribution in [0, 0.1) is 5.82 Å². The summed E-state index contributed by atoms with van der Waals surface area (Å²) in [5, 5.41) is 2.69. The number of carbonyl (C=O) groups excluding carboxylic acids is 2. The minimum atomic E-state index is -1.69. The summed E-state index contributed by atoms with van der Waals surface area (Å²) in [7, 11) is 0. The van der Waals surface area contributed by atoms with Crippen molar-refractivity contribution in [2.75, 3.05) is 18.8 Å². The summed E-state index contributed by atoms with van der Waals surface area (Å²) in [6.45, 7) is 3.69. The third-order valence-corrected chi connectivity index (χ3v) is 4.90. The number of carbonyl (C=O) groups is 2. The third kappa shape index (κ3) is 5.02. The van der Waals surface area contributed by atoms with Crippen LogP contribution in [0.2, 0.25) is 0 Å². The maximum atomic E-state index is 13.8. The molecule has 0 aromatic heterocycles. The number of piperidine rings is 1. The van der Waals surface area contributed by atoms with Gasteiger partial charge in [0, 0.05) is 25.4 Å². The molecule has 148 valence electrons. The second-order valence-electron chi connectivity index (χ2n) is 6.66. The Morgan fingerprint density at radius 1 is 1.26 bits per heavy atom. The van der Waals surface area contributed by atoms with Crippen molar-refractivity contribution in [3.05, 3.63) is 41.2 Å². The molecule has 1 saturated heterocycles. The van der Waals surface area contributed by atoms with Crippen LogP contribution < -0.4 is 11.1 Å². The van der Waals surface area contributed by atoms with Crippen LogP contribution >= 0.6 is 0 Å². The second-order valence-corrected chi connectivity index (χ2v) is 6.66. The van der Waals surface area contributed by atoms with Gasteiger partial charge in [-0.05, 0) is 36.1 Å². The Bertz CT molecular complexity index is 738. The fourth-order valence-electron chi connectivity index (χ4n) is 3.08. The van der Waals surface area contributed by atoms with Gasteiger partial charge in [0.05, 0.1) is 5.69 Å². The highest BCUT2D eigenvalue weighted by Gasteiger charge is 2.33. The maximum absolute atomic E-state index is 13.8. The zero-order valence-electron chi connectivity index (χ0n) is 15.4. The molecule has 27 heavy (non-hydrogen) atoms. The molecule has 1 aromatic rings. The summed E-state index contributed by atoms with van der Waals surface area (Å²) >= 11 is 0. The van der Waals surface area contributed by atoms with E-state index in [4.69, 9.17) is 5.73 Å². The van der Waals surface area contributed by atoms with E-state index in [-0.39, 0.29) is 55.4 Å². The Kier molecular flexibility index (Phi) is 6.87. The van der Waals surface area contributed by atoms with E-state index in [2.05, 4.69) is 5.32 Å². The molecule has 0 saturated carbocycles. The Morgan fingerprint density at radius 2 is 1.89 bits per heavy atom. The zero-order valence-corrected chi connectivity index (χ0v) is 15.4. The highest BCUT2D eigenvalue weighted by molar-refractivity contribution is 5.88. The first-order valence-corrected chi connectivity index (χ1v) is 8.90. The number of nitrogens with one attached hydrogen (secondary N) is 1. The predicted octanol–water partition coefficient (Wildman–Crippen LogP) is 3.18. The fraction of sp³-hybridized carbons (Fsp3) is 0.474. The molecule has 2 atom stereocenters. The molecule has 1 heterocycles. The van der Waals surface area contributed by atoms with E-state index in [9.17, 15) is 22.8 Å². The Morgan fingerprint density at radius 3 is 2.41 bits per heavy atom. The van der Waals surface area contributed by atoms with Gasteiger partial charge in [-0.15, -0.1) is 0 Å². The molecule has 3 N–H and O–H groups in total. The summed E-state index contributed by atoms with van der Waals surface area (Å²) < 4.78 is 39.3. The SMILES string of the molecule is CCC(=O)N[C@@H](C(=O)N1CCC(=C(F)F)CC1)[C@@H](C)c1ccc(N)c(F)c1. The highest BCUT2D eigenvalue weighted by atomic mass is 19.3. The minimum Gasteiger partial charge on any atom is -0.396 e. The molecule has 0 spiro atoms. The van der Waals surface area contributed by atoms with Gasteiger partial charge in [-0.1, -0.05) is 19.9 Å². The predicted molar refractivity (Wildman–Crippen MR) is 96.5 cm³/mol. The lowest BCUT2D eigenvalue weighted by atomic mass is 9.91. The Labute approximate surface area is 156 Å². The molecule has 0 bridgehead atoms. The lowest BCUT2D eigenvalue weighted by Crippen LogP contribution is -2.52. The fourth-order valence-corrected chi connectivity index (χ4v) is 3.08. The van der Waals surface area contributed by atoms with E-state index in [1.807, 2.05) is 0 Å². The van der Waals surface area contributed by atoms with Gasteiger partial charge in [-0.2, -0.15) is 8.78 Å². The van der Waals surface area contributed by atoms with Crippen molar-refractivity contribution in [2.24, 2.45) is 0 Å². The number of nitrogens with zero attached hydrogens (tertiary/aromatic N) is 1. The molecule has 0 aliphatic carbocycles. The topological polar surface area (TPSA) is 75.4 Å². The number of hydrogen-bond donors (Lipinski definition) is 2. The number of rotatable bonds is 5. The van der Waals surface area contributed by atoms with Crippen LogP contribution in [0.1, 0.15) is 44.6 Å². The van der Waals surface area contributed by atoms with Crippen molar-refractivity contribution in [1.29, 1.82) is 0 Å². The molecule has 2 amide bonds. The largest absolute Gasteiger partial charge is 0.396 e. The van der Waals surface area contributed by atoms with Crippen LogP contribution in [0.4, 0.5) is 18.9 Å². The average Bonchev–Trinajstić information content (AvgIpc) is 2.67. The monoisotopic (exact) mass is 383 g/mol. The van der Waals surface area contributed by atoms with Crippen molar-refractivity contribution in [3.8, 4) is 0 Å². The van der Waals surface area contributed by atoms with E-state index in [1.54, 1.807) is 19.9 Å². The average molecular weight is 383 g/mol. The van der Waals surface area contributed by atoms with Crippen molar-refractivity contribution < 1.29 is 22.8 Å². The summed E-state index contributed by atoms with van der Waals surface area (Å²) in [5.74, 6) is -1.79. The normalized spacial score (nSPS) is 16.6. The number of nitrogens with two attached hydrogens (primary N) is 1. The zero-order chi connectivity index (χ0) is 20.1. The van der Waals surface area contributed by atoms with Gasteiger partial charge in [0.1, 0.15) is 11.9 Å². The van der Waals surface area contributed by atoms with Crippen molar-refractivity contribution in [3.63, 3.8) is 0 Å². The van der Waals surface area contributed by atoms with Crippen molar-refractivity contribution in [2.45, 2.75) is 45.1 Å². The quantitative estimate of drug-likeness (QED) is 0.767. The number of benzene rings is 1. The lowest BCUT2D eigenvalue weighted by molar-refractivity contribution is -0.137. The molecule has 1 aromatic carbocycles. The highest BCUT2D eigenvalue weighted by Crippen LogP contribution is 2.27. The van der Waals surface area contributed by atoms with E-state index in [1.165, 1.54) is 17.0 Å². The summed E-state index contributed by atoms with van der Waals surface area (Å²) in [6, 6.07) is 3.35.